The smallest absolute Gasteiger partial charge is 0.261 e. The molecule has 4 aromatic rings. The maximum atomic E-state index is 11.6. The van der Waals surface area contributed by atoms with E-state index in [0.717, 1.165) is 27.8 Å². The Balaban J connectivity index is 1.60. The zero-order valence-electron chi connectivity index (χ0n) is 27.8. The van der Waals surface area contributed by atoms with Gasteiger partial charge in [-0.15, -0.1) is 0 Å². The summed E-state index contributed by atoms with van der Waals surface area (Å²) in [6, 6.07) is 35.0. The fourth-order valence-electron chi connectivity index (χ4n) is 6.33. The Bertz CT molecular complexity index is 1590. The monoisotopic (exact) mass is 632 g/mol. The zero-order chi connectivity index (χ0) is 33.3. The zero-order valence-corrected chi connectivity index (χ0v) is 28.8. The number of rotatable bonds is 13. The fourth-order valence-corrected chi connectivity index (χ4v) is 10.9. The Kier molecular flexibility index (Phi) is 11.8. The van der Waals surface area contributed by atoms with E-state index in [9.17, 15) is 15.3 Å². The molecule has 4 nitrogen and oxygen atoms in total. The van der Waals surface area contributed by atoms with E-state index >= 15 is 0 Å². The molecule has 0 aliphatic heterocycles. The van der Waals surface area contributed by atoms with Crippen LogP contribution in [0, 0.1) is 13.8 Å². The normalized spacial score (nSPS) is 13.5. The predicted octanol–water partition coefficient (Wildman–Crippen LogP) is 7.74. The summed E-state index contributed by atoms with van der Waals surface area (Å²) >= 11 is 0. The molecule has 0 radical (unpaired) electrons. The molecule has 1 atom stereocenters. The Hall–Kier alpha value is -4.00. The van der Waals surface area contributed by atoms with Crippen LogP contribution in [0.4, 0.5) is 0 Å². The highest BCUT2D eigenvalue weighted by molar-refractivity contribution is 6.99. The average Bonchev–Trinajstić information content (AvgIpc) is 3.05. The van der Waals surface area contributed by atoms with Crippen LogP contribution in [0.15, 0.2) is 127 Å². The maximum Gasteiger partial charge on any atom is 0.261 e. The number of hydrogen-bond acceptors (Lipinski definition) is 4. The molecule has 46 heavy (non-hydrogen) atoms. The second kappa shape index (κ2) is 15.5. The van der Waals surface area contributed by atoms with Gasteiger partial charge in [-0.1, -0.05) is 130 Å². The summed E-state index contributed by atoms with van der Waals surface area (Å²) in [6.45, 7) is 14.9. The number of hydrogen-bond donors (Lipinski definition) is 3. The standard InChI is InChI=1S/C41H48O4Si/c1-30-26-33(27-31(2)40(30)44)28-35(34-16-10-7-11-17-34)22-23-39(43)38(24-25-42)32(3)29-45-46(41(4,5)6,36-18-12-8-13-19-36)37-20-14-9-15-21-37/h7-21,24,26-28,39,42-44H,3,22-23,25,29H2,1-2,4-6H3/b35-28-,38-24-. The highest BCUT2D eigenvalue weighted by Gasteiger charge is 2.50. The summed E-state index contributed by atoms with van der Waals surface area (Å²) < 4.78 is 7.09. The van der Waals surface area contributed by atoms with Gasteiger partial charge < -0.3 is 19.7 Å². The first-order chi connectivity index (χ1) is 22.0. The van der Waals surface area contributed by atoms with Gasteiger partial charge in [0.25, 0.3) is 8.32 Å². The molecule has 0 spiro atoms. The van der Waals surface area contributed by atoms with Crippen molar-refractivity contribution in [2.75, 3.05) is 13.2 Å². The predicted molar refractivity (Wildman–Crippen MR) is 195 cm³/mol. The summed E-state index contributed by atoms with van der Waals surface area (Å²) in [5, 5.41) is 34.0. The third kappa shape index (κ3) is 8.04. The van der Waals surface area contributed by atoms with E-state index in [0.29, 0.717) is 29.7 Å². The fraction of sp³-hybridized carbons (Fsp3) is 0.268. The number of phenolic OH excluding ortho intramolecular Hbond substituents is 1. The molecular weight excluding hydrogens is 585 g/mol. The van der Waals surface area contributed by atoms with Gasteiger partial charge in [-0.25, -0.2) is 0 Å². The quantitative estimate of drug-likeness (QED) is 0.0801. The van der Waals surface area contributed by atoms with Crippen LogP contribution < -0.4 is 10.4 Å². The molecule has 0 aliphatic carbocycles. The first kappa shape index (κ1) is 34.9. The van der Waals surface area contributed by atoms with Crippen molar-refractivity contribution >= 4 is 30.3 Å². The average molecular weight is 633 g/mol. The number of aliphatic hydroxyl groups excluding tert-OH is 2. The molecule has 0 saturated heterocycles. The van der Waals surface area contributed by atoms with Gasteiger partial charge in [-0.05, 0) is 93.2 Å². The molecule has 5 heteroatoms. The third-order valence-electron chi connectivity index (χ3n) is 8.64. The maximum absolute atomic E-state index is 11.6. The van der Waals surface area contributed by atoms with Crippen LogP contribution in [0.25, 0.3) is 11.6 Å². The van der Waals surface area contributed by atoms with Gasteiger partial charge in [0, 0.05) is 0 Å². The van der Waals surface area contributed by atoms with Crippen LogP contribution in [0.5, 0.6) is 5.75 Å². The molecule has 3 N–H and O–H groups in total. The minimum atomic E-state index is -2.81. The number of aromatic hydroxyl groups is 1. The molecule has 0 bridgehead atoms. The highest BCUT2D eigenvalue weighted by Crippen LogP contribution is 2.37. The molecule has 1 unspecified atom stereocenters. The Morgan fingerprint density at radius 2 is 1.35 bits per heavy atom. The number of aliphatic hydroxyl groups is 2. The van der Waals surface area contributed by atoms with Crippen molar-refractivity contribution in [1.82, 2.24) is 0 Å². The van der Waals surface area contributed by atoms with Gasteiger partial charge in [0.1, 0.15) is 5.75 Å². The van der Waals surface area contributed by atoms with Gasteiger partial charge in [0.15, 0.2) is 0 Å². The lowest BCUT2D eigenvalue weighted by Crippen LogP contribution is -2.66. The van der Waals surface area contributed by atoms with E-state index in [2.05, 4.69) is 94.1 Å². The lowest BCUT2D eigenvalue weighted by atomic mass is 9.92. The Morgan fingerprint density at radius 3 is 1.83 bits per heavy atom. The van der Waals surface area contributed by atoms with Crippen LogP contribution >= 0.6 is 0 Å². The summed E-state index contributed by atoms with van der Waals surface area (Å²) in [5.41, 5.74) is 6.04. The van der Waals surface area contributed by atoms with Crippen molar-refractivity contribution in [2.45, 2.75) is 58.6 Å². The van der Waals surface area contributed by atoms with E-state index in [1.165, 1.54) is 10.4 Å². The largest absolute Gasteiger partial charge is 0.507 e. The summed E-state index contributed by atoms with van der Waals surface area (Å²) in [5.74, 6) is 0.311. The van der Waals surface area contributed by atoms with E-state index in [4.69, 9.17) is 4.43 Å². The molecular formula is C41H48O4Si. The topological polar surface area (TPSA) is 69.9 Å². The minimum Gasteiger partial charge on any atom is -0.507 e. The third-order valence-corrected chi connectivity index (χ3v) is 13.6. The second-order valence-electron chi connectivity index (χ2n) is 13.0. The van der Waals surface area contributed by atoms with Crippen LogP contribution in [-0.4, -0.2) is 43.0 Å². The lowest BCUT2D eigenvalue weighted by molar-refractivity contribution is 0.199. The van der Waals surface area contributed by atoms with E-state index in [-0.39, 0.29) is 18.3 Å². The molecule has 0 aliphatic rings. The van der Waals surface area contributed by atoms with Crippen molar-refractivity contribution in [1.29, 1.82) is 0 Å². The first-order valence-electron chi connectivity index (χ1n) is 16.0. The molecule has 240 valence electrons. The minimum absolute atomic E-state index is 0.199. The second-order valence-corrected chi connectivity index (χ2v) is 17.3. The van der Waals surface area contributed by atoms with Gasteiger partial charge in [-0.2, -0.15) is 0 Å². The molecule has 0 saturated carbocycles. The SMILES string of the molecule is C=C(CO[Si](c1ccccc1)(c1ccccc1)C(C)(C)C)/C(=C/CO)C(O)CC/C(=C/c1cc(C)c(O)c(C)c1)c1ccccc1. The van der Waals surface area contributed by atoms with E-state index in [1.54, 1.807) is 6.08 Å². The van der Waals surface area contributed by atoms with Gasteiger partial charge in [0.2, 0.25) is 0 Å². The van der Waals surface area contributed by atoms with Crippen molar-refractivity contribution in [3.05, 3.63) is 149 Å². The number of benzene rings is 4. The number of aryl methyl sites for hydroxylation is 2. The van der Waals surface area contributed by atoms with Crippen LogP contribution in [0.1, 0.15) is 55.9 Å². The van der Waals surface area contributed by atoms with Crippen LogP contribution in [0.2, 0.25) is 5.04 Å². The van der Waals surface area contributed by atoms with Gasteiger partial charge in [-0.3, -0.25) is 0 Å². The molecule has 0 aromatic heterocycles. The molecule has 4 rings (SSSR count). The van der Waals surface area contributed by atoms with Crippen molar-refractivity contribution in [2.24, 2.45) is 0 Å². The summed E-state index contributed by atoms with van der Waals surface area (Å²) in [4.78, 5) is 0. The van der Waals surface area contributed by atoms with Crippen molar-refractivity contribution in [3.8, 4) is 5.75 Å². The van der Waals surface area contributed by atoms with Crippen LogP contribution in [0.3, 0.4) is 0 Å². The van der Waals surface area contributed by atoms with Gasteiger partial charge in [0.05, 0.1) is 19.3 Å². The van der Waals surface area contributed by atoms with E-state index < -0.39 is 14.4 Å². The Morgan fingerprint density at radius 1 is 0.848 bits per heavy atom. The highest BCUT2D eigenvalue weighted by atomic mass is 28.4. The summed E-state index contributed by atoms with van der Waals surface area (Å²) in [6.07, 6.45) is 3.95. The number of phenols is 1. The van der Waals surface area contributed by atoms with Crippen molar-refractivity contribution in [3.63, 3.8) is 0 Å². The molecule has 0 heterocycles. The van der Waals surface area contributed by atoms with E-state index in [1.807, 2.05) is 56.3 Å². The molecule has 0 amide bonds. The van der Waals surface area contributed by atoms with Gasteiger partial charge >= 0.3 is 0 Å². The first-order valence-corrected chi connectivity index (χ1v) is 17.9. The molecule has 4 aromatic carbocycles. The lowest BCUT2D eigenvalue weighted by Gasteiger charge is -2.43. The van der Waals surface area contributed by atoms with Crippen molar-refractivity contribution < 1.29 is 19.7 Å². The number of allylic oxidation sites excluding steroid dienone is 1. The van der Waals surface area contributed by atoms with Crippen LogP contribution in [-0.2, 0) is 4.43 Å². The summed E-state index contributed by atoms with van der Waals surface area (Å²) in [7, 11) is -2.81. The Labute approximate surface area is 276 Å². The molecule has 0 fully saturated rings.